The third kappa shape index (κ3) is 3.71. The average Bonchev–Trinajstić information content (AvgIpc) is 2.27. The van der Waals surface area contributed by atoms with E-state index in [0.29, 0.717) is 5.56 Å². The van der Waals surface area contributed by atoms with Crippen LogP contribution >= 0.6 is 27.5 Å². The summed E-state index contributed by atoms with van der Waals surface area (Å²) in [5.41, 5.74) is -0.456. The molecule has 1 nitrogen and oxygen atoms in total. The molecule has 0 unspecified atom stereocenters. The molecular weight excluding hydrogens is 320 g/mol. The molecule has 1 aromatic carbocycles. The summed E-state index contributed by atoms with van der Waals surface area (Å²) in [5.74, 6) is -0.448. The third-order valence-electron chi connectivity index (χ3n) is 2.25. The largest absolute Gasteiger partial charge is 0.416 e. The first-order chi connectivity index (χ1) is 7.90. The normalized spacial score (nSPS) is 11.6. The highest BCUT2D eigenvalue weighted by atomic mass is 79.9. The zero-order chi connectivity index (χ0) is 13.1. The van der Waals surface area contributed by atoms with E-state index >= 15 is 0 Å². The van der Waals surface area contributed by atoms with Crippen LogP contribution in [-0.2, 0) is 23.3 Å². The molecule has 0 atom stereocenters. The Morgan fingerprint density at radius 1 is 1.35 bits per heavy atom. The highest BCUT2D eigenvalue weighted by Gasteiger charge is 2.33. The number of hydrogen-bond donors (Lipinski definition) is 0. The van der Waals surface area contributed by atoms with Crippen molar-refractivity contribution in [2.45, 2.75) is 18.5 Å². The van der Waals surface area contributed by atoms with Crippen molar-refractivity contribution in [2.75, 3.05) is 5.33 Å². The van der Waals surface area contributed by atoms with Crippen molar-refractivity contribution in [3.8, 4) is 0 Å². The topological polar surface area (TPSA) is 17.1 Å². The summed E-state index contributed by atoms with van der Waals surface area (Å²) in [6.45, 7) is 0. The second-order valence-electron chi connectivity index (χ2n) is 3.42. The van der Waals surface area contributed by atoms with Gasteiger partial charge in [-0.3, -0.25) is 4.79 Å². The summed E-state index contributed by atoms with van der Waals surface area (Å²) in [6, 6.07) is 3.75. The number of benzene rings is 1. The fraction of sp³-hybridized carbons (Fsp3) is 0.364. The van der Waals surface area contributed by atoms with Gasteiger partial charge >= 0.3 is 6.18 Å². The first-order valence-electron chi connectivity index (χ1n) is 4.71. The Kier molecular flexibility index (Phi) is 5.01. The van der Waals surface area contributed by atoms with Gasteiger partial charge in [0, 0.05) is 12.3 Å². The van der Waals surface area contributed by atoms with Gasteiger partial charge in [-0.2, -0.15) is 13.2 Å². The van der Waals surface area contributed by atoms with Crippen molar-refractivity contribution < 1.29 is 18.0 Å². The Morgan fingerprint density at radius 2 is 2.00 bits per heavy atom. The predicted molar refractivity (Wildman–Crippen MR) is 63.5 cm³/mol. The van der Waals surface area contributed by atoms with Crippen LogP contribution in [0, 0.1) is 0 Å². The molecule has 0 heterocycles. The van der Waals surface area contributed by atoms with Gasteiger partial charge in [-0.15, -0.1) is 11.6 Å². The first kappa shape index (κ1) is 14.5. The summed E-state index contributed by atoms with van der Waals surface area (Å²) in [5, 5.41) is 0.116. The number of alkyl halides is 5. The van der Waals surface area contributed by atoms with E-state index in [-0.39, 0.29) is 29.0 Å². The van der Waals surface area contributed by atoms with Gasteiger partial charge in [0.25, 0.3) is 0 Å². The van der Waals surface area contributed by atoms with Gasteiger partial charge in [0.2, 0.25) is 0 Å². The second-order valence-corrected chi connectivity index (χ2v) is 4.25. The molecule has 0 aliphatic rings. The minimum absolute atomic E-state index is 0.0176. The molecule has 0 amide bonds. The van der Waals surface area contributed by atoms with Crippen molar-refractivity contribution in [1.29, 1.82) is 0 Å². The minimum Gasteiger partial charge on any atom is -0.298 e. The van der Waals surface area contributed by atoms with Crippen molar-refractivity contribution in [3.63, 3.8) is 0 Å². The Hall–Kier alpha value is -0.550. The summed E-state index contributed by atoms with van der Waals surface area (Å²) < 4.78 is 38.0. The second kappa shape index (κ2) is 5.87. The molecule has 0 aliphatic heterocycles. The molecule has 0 saturated heterocycles. The van der Waals surface area contributed by atoms with Crippen LogP contribution in [0.25, 0.3) is 0 Å². The van der Waals surface area contributed by atoms with Gasteiger partial charge in [0.1, 0.15) is 5.78 Å². The predicted octanol–water partition coefficient (Wildman–Crippen LogP) is 3.95. The molecule has 0 spiro atoms. The van der Waals surface area contributed by atoms with Gasteiger partial charge in [-0.25, -0.2) is 0 Å². The molecule has 1 aromatic rings. The van der Waals surface area contributed by atoms with Crippen molar-refractivity contribution in [2.24, 2.45) is 0 Å². The van der Waals surface area contributed by atoms with Crippen LogP contribution in [0.5, 0.6) is 0 Å². The van der Waals surface area contributed by atoms with E-state index in [9.17, 15) is 18.0 Å². The molecule has 0 bridgehead atoms. The Morgan fingerprint density at radius 3 is 2.47 bits per heavy atom. The van der Waals surface area contributed by atoms with E-state index in [0.717, 1.165) is 6.07 Å². The number of carbonyl (C=O) groups is 1. The smallest absolute Gasteiger partial charge is 0.298 e. The fourth-order valence-electron chi connectivity index (χ4n) is 1.48. The maximum absolute atomic E-state index is 12.7. The molecule has 0 aliphatic carbocycles. The molecule has 0 fully saturated rings. The van der Waals surface area contributed by atoms with E-state index < -0.39 is 11.7 Å². The quantitative estimate of drug-likeness (QED) is 0.765. The molecule has 1 rings (SSSR count). The lowest BCUT2D eigenvalue weighted by molar-refractivity contribution is -0.138. The van der Waals surface area contributed by atoms with Crippen LogP contribution in [0.3, 0.4) is 0 Å². The lowest BCUT2D eigenvalue weighted by Crippen LogP contribution is -2.13. The molecule has 0 radical (unpaired) electrons. The third-order valence-corrected chi connectivity index (χ3v) is 3.14. The van der Waals surface area contributed by atoms with Crippen molar-refractivity contribution >= 4 is 33.3 Å². The molecule has 94 valence electrons. The number of hydrogen-bond acceptors (Lipinski definition) is 1. The average molecular weight is 330 g/mol. The number of rotatable bonds is 4. The highest BCUT2D eigenvalue weighted by molar-refractivity contribution is 9.09. The lowest BCUT2D eigenvalue weighted by atomic mass is 9.98. The van der Waals surface area contributed by atoms with Crippen molar-refractivity contribution in [1.82, 2.24) is 0 Å². The number of ketones is 1. The van der Waals surface area contributed by atoms with E-state index in [1.807, 2.05) is 0 Å². The summed E-state index contributed by atoms with van der Waals surface area (Å²) in [7, 11) is 0. The molecule has 0 saturated carbocycles. The van der Waals surface area contributed by atoms with E-state index in [4.69, 9.17) is 11.6 Å². The van der Waals surface area contributed by atoms with Gasteiger partial charge in [0.15, 0.2) is 0 Å². The van der Waals surface area contributed by atoms with Crippen LogP contribution in [-0.4, -0.2) is 11.1 Å². The SMILES string of the molecule is O=C(CBr)Cc1cccc(C(F)(F)F)c1CCl. The van der Waals surface area contributed by atoms with Crippen LogP contribution in [0.2, 0.25) is 0 Å². The molecule has 0 aromatic heterocycles. The Bertz CT molecular complexity index is 418. The first-order valence-corrected chi connectivity index (χ1v) is 6.37. The van der Waals surface area contributed by atoms with Crippen LogP contribution < -0.4 is 0 Å². The monoisotopic (exact) mass is 328 g/mol. The summed E-state index contributed by atoms with van der Waals surface area (Å²) in [4.78, 5) is 11.2. The van der Waals surface area contributed by atoms with Crippen LogP contribution in [0.15, 0.2) is 18.2 Å². The van der Waals surface area contributed by atoms with E-state index in [2.05, 4.69) is 15.9 Å². The zero-order valence-corrected chi connectivity index (χ0v) is 11.0. The fourth-order valence-corrected chi connectivity index (χ4v) is 2.00. The Labute approximate surface area is 110 Å². The standard InChI is InChI=1S/C11H9BrClF3O/c12-5-8(17)4-7-2-1-3-10(9(7)6-13)11(14,15)16/h1-3H,4-6H2. The van der Waals surface area contributed by atoms with Gasteiger partial charge < -0.3 is 0 Å². The van der Waals surface area contributed by atoms with E-state index in [1.54, 1.807) is 0 Å². The van der Waals surface area contributed by atoms with Crippen molar-refractivity contribution in [3.05, 3.63) is 34.9 Å². The highest BCUT2D eigenvalue weighted by Crippen LogP contribution is 2.34. The van der Waals surface area contributed by atoms with E-state index in [1.165, 1.54) is 12.1 Å². The molecule has 6 heteroatoms. The number of carbonyl (C=O) groups excluding carboxylic acids is 1. The minimum atomic E-state index is -4.45. The van der Waals surface area contributed by atoms with Gasteiger partial charge in [-0.05, 0) is 17.2 Å². The van der Waals surface area contributed by atoms with Gasteiger partial charge in [0.05, 0.1) is 10.9 Å². The Balaban J connectivity index is 3.19. The summed E-state index contributed by atoms with van der Waals surface area (Å²) in [6.07, 6.45) is -4.49. The maximum Gasteiger partial charge on any atom is 0.416 e. The lowest BCUT2D eigenvalue weighted by Gasteiger charge is -2.14. The summed E-state index contributed by atoms with van der Waals surface area (Å²) >= 11 is 8.52. The van der Waals surface area contributed by atoms with Crippen LogP contribution in [0.1, 0.15) is 16.7 Å². The molecular formula is C11H9BrClF3O. The van der Waals surface area contributed by atoms with Gasteiger partial charge in [-0.1, -0.05) is 28.1 Å². The molecule has 17 heavy (non-hydrogen) atoms. The number of Topliss-reactive ketones (excluding diaryl/α,β-unsaturated/α-hetero) is 1. The molecule has 0 N–H and O–H groups in total. The zero-order valence-electron chi connectivity index (χ0n) is 8.65. The number of halogens is 5. The van der Waals surface area contributed by atoms with Crippen LogP contribution in [0.4, 0.5) is 13.2 Å². The maximum atomic E-state index is 12.7.